The van der Waals surface area contributed by atoms with Crippen LogP contribution in [0.5, 0.6) is 0 Å². The van der Waals surface area contributed by atoms with E-state index in [0.717, 1.165) is 19.4 Å². The van der Waals surface area contributed by atoms with Crippen molar-refractivity contribution < 1.29 is 14.3 Å². The predicted octanol–water partition coefficient (Wildman–Crippen LogP) is 0.104. The van der Waals surface area contributed by atoms with Crippen molar-refractivity contribution in [2.45, 2.75) is 19.8 Å². The number of piperazine rings is 1. The van der Waals surface area contributed by atoms with Crippen molar-refractivity contribution in [3.05, 3.63) is 0 Å². The first kappa shape index (κ1) is 12.4. The molecule has 0 aromatic rings. The van der Waals surface area contributed by atoms with Crippen LogP contribution in [-0.2, 0) is 14.3 Å². The number of hydrogen-bond acceptors (Lipinski definition) is 3. The topological polar surface area (TPSA) is 49.9 Å². The van der Waals surface area contributed by atoms with E-state index < -0.39 is 0 Å². The minimum atomic E-state index is 0.0348. The molecule has 1 unspecified atom stereocenters. The molecule has 0 spiro atoms. The summed E-state index contributed by atoms with van der Waals surface area (Å²) in [5, 5.41) is 0. The van der Waals surface area contributed by atoms with Crippen LogP contribution in [0.25, 0.3) is 0 Å². The largest absolute Gasteiger partial charge is 0.381 e. The molecule has 0 aromatic carbocycles. The standard InChI is InChI=1S/C12H20N2O3/c1-10(15)13-4-6-14(7-5-13)12(16)11-3-2-8-17-9-11/h11H,2-9H2,1H3. The summed E-state index contributed by atoms with van der Waals surface area (Å²) in [7, 11) is 0. The lowest BCUT2D eigenvalue weighted by molar-refractivity contribution is -0.144. The van der Waals surface area contributed by atoms with E-state index in [0.29, 0.717) is 32.8 Å². The zero-order valence-corrected chi connectivity index (χ0v) is 10.4. The van der Waals surface area contributed by atoms with Crippen molar-refractivity contribution in [3.63, 3.8) is 0 Å². The Morgan fingerprint density at radius 1 is 1.12 bits per heavy atom. The van der Waals surface area contributed by atoms with Gasteiger partial charge in [-0.2, -0.15) is 0 Å². The fourth-order valence-corrected chi connectivity index (χ4v) is 2.44. The van der Waals surface area contributed by atoms with Gasteiger partial charge < -0.3 is 14.5 Å². The maximum absolute atomic E-state index is 12.2. The molecule has 0 bridgehead atoms. The molecule has 2 fully saturated rings. The second-order valence-electron chi connectivity index (χ2n) is 4.75. The first-order chi connectivity index (χ1) is 8.18. The van der Waals surface area contributed by atoms with E-state index in [-0.39, 0.29) is 17.7 Å². The van der Waals surface area contributed by atoms with Crippen LogP contribution in [-0.4, -0.2) is 61.0 Å². The van der Waals surface area contributed by atoms with Crippen molar-refractivity contribution in [3.8, 4) is 0 Å². The van der Waals surface area contributed by atoms with Gasteiger partial charge >= 0.3 is 0 Å². The Bertz CT molecular complexity index is 292. The van der Waals surface area contributed by atoms with Crippen LogP contribution in [0.3, 0.4) is 0 Å². The molecule has 0 radical (unpaired) electrons. The van der Waals surface area contributed by atoms with E-state index in [9.17, 15) is 9.59 Å². The highest BCUT2D eigenvalue weighted by molar-refractivity contribution is 5.79. The summed E-state index contributed by atoms with van der Waals surface area (Å²) in [5.41, 5.74) is 0. The second kappa shape index (κ2) is 5.49. The predicted molar refractivity (Wildman–Crippen MR) is 62.4 cm³/mol. The molecule has 5 heteroatoms. The molecule has 2 rings (SSSR count). The number of nitrogens with zero attached hydrogens (tertiary/aromatic N) is 2. The zero-order chi connectivity index (χ0) is 12.3. The van der Waals surface area contributed by atoms with Gasteiger partial charge in [0.25, 0.3) is 0 Å². The highest BCUT2D eigenvalue weighted by Crippen LogP contribution is 2.17. The molecular formula is C12H20N2O3. The molecule has 17 heavy (non-hydrogen) atoms. The summed E-state index contributed by atoms with van der Waals surface area (Å²) in [6.07, 6.45) is 1.91. The molecule has 96 valence electrons. The van der Waals surface area contributed by atoms with Gasteiger partial charge in [0.2, 0.25) is 11.8 Å². The van der Waals surface area contributed by atoms with E-state index in [2.05, 4.69) is 0 Å². The number of rotatable bonds is 1. The number of ether oxygens (including phenoxy) is 1. The number of amides is 2. The lowest BCUT2D eigenvalue weighted by Gasteiger charge is -2.36. The molecule has 2 amide bonds. The minimum Gasteiger partial charge on any atom is -0.381 e. The maximum atomic E-state index is 12.2. The van der Waals surface area contributed by atoms with Gasteiger partial charge in [0.1, 0.15) is 0 Å². The Hall–Kier alpha value is -1.10. The third-order valence-electron chi connectivity index (χ3n) is 3.55. The quantitative estimate of drug-likeness (QED) is 0.653. The highest BCUT2D eigenvalue weighted by Gasteiger charge is 2.29. The van der Waals surface area contributed by atoms with E-state index in [1.54, 1.807) is 11.8 Å². The number of carbonyl (C=O) groups excluding carboxylic acids is 2. The Kier molecular flexibility index (Phi) is 3.99. The summed E-state index contributed by atoms with van der Waals surface area (Å²) in [5.74, 6) is 0.332. The lowest BCUT2D eigenvalue weighted by atomic mass is 10.0. The normalized spacial score (nSPS) is 25.8. The SMILES string of the molecule is CC(=O)N1CCN(C(=O)C2CCCOC2)CC1. The fraction of sp³-hybridized carbons (Fsp3) is 0.833. The van der Waals surface area contributed by atoms with Crippen molar-refractivity contribution in [2.24, 2.45) is 5.92 Å². The van der Waals surface area contributed by atoms with E-state index >= 15 is 0 Å². The Morgan fingerprint density at radius 3 is 2.29 bits per heavy atom. The van der Waals surface area contributed by atoms with Crippen LogP contribution >= 0.6 is 0 Å². The van der Waals surface area contributed by atoms with Crippen LogP contribution in [0, 0.1) is 5.92 Å². The van der Waals surface area contributed by atoms with Gasteiger partial charge in [-0.25, -0.2) is 0 Å². The fourth-order valence-electron chi connectivity index (χ4n) is 2.44. The molecule has 1 atom stereocenters. The molecule has 2 aliphatic rings. The summed E-state index contributed by atoms with van der Waals surface area (Å²) in [4.78, 5) is 27.0. The lowest BCUT2D eigenvalue weighted by Crippen LogP contribution is -2.52. The molecule has 2 aliphatic heterocycles. The van der Waals surface area contributed by atoms with E-state index in [4.69, 9.17) is 4.74 Å². The molecule has 2 heterocycles. The van der Waals surface area contributed by atoms with Crippen LogP contribution in [0.15, 0.2) is 0 Å². The van der Waals surface area contributed by atoms with Gasteiger partial charge in [-0.15, -0.1) is 0 Å². The first-order valence-electron chi connectivity index (χ1n) is 6.30. The summed E-state index contributed by atoms with van der Waals surface area (Å²) in [6, 6.07) is 0. The Balaban J connectivity index is 1.83. The molecule has 5 nitrogen and oxygen atoms in total. The highest BCUT2D eigenvalue weighted by atomic mass is 16.5. The molecule has 0 N–H and O–H groups in total. The van der Waals surface area contributed by atoms with E-state index in [1.807, 2.05) is 4.90 Å². The van der Waals surface area contributed by atoms with Gasteiger partial charge in [0.15, 0.2) is 0 Å². The van der Waals surface area contributed by atoms with Crippen molar-refractivity contribution in [2.75, 3.05) is 39.4 Å². The molecular weight excluding hydrogens is 220 g/mol. The molecule has 0 saturated carbocycles. The van der Waals surface area contributed by atoms with Crippen LogP contribution in [0.4, 0.5) is 0 Å². The van der Waals surface area contributed by atoms with Gasteiger partial charge in [-0.05, 0) is 12.8 Å². The van der Waals surface area contributed by atoms with Gasteiger partial charge in [-0.1, -0.05) is 0 Å². The maximum Gasteiger partial charge on any atom is 0.228 e. The monoisotopic (exact) mass is 240 g/mol. The third kappa shape index (κ3) is 2.97. The summed E-state index contributed by atoms with van der Waals surface area (Å²) in [6.45, 7) is 5.56. The zero-order valence-electron chi connectivity index (χ0n) is 10.4. The average Bonchev–Trinajstić information content (AvgIpc) is 2.39. The third-order valence-corrected chi connectivity index (χ3v) is 3.55. The van der Waals surface area contributed by atoms with Crippen LogP contribution in [0.1, 0.15) is 19.8 Å². The van der Waals surface area contributed by atoms with E-state index in [1.165, 1.54) is 0 Å². The van der Waals surface area contributed by atoms with Gasteiger partial charge in [0.05, 0.1) is 12.5 Å². The van der Waals surface area contributed by atoms with Crippen molar-refractivity contribution in [1.82, 2.24) is 9.80 Å². The summed E-state index contributed by atoms with van der Waals surface area (Å²) >= 11 is 0. The Morgan fingerprint density at radius 2 is 1.76 bits per heavy atom. The van der Waals surface area contributed by atoms with Crippen LogP contribution in [0.2, 0.25) is 0 Å². The molecule has 2 saturated heterocycles. The van der Waals surface area contributed by atoms with Crippen molar-refractivity contribution in [1.29, 1.82) is 0 Å². The smallest absolute Gasteiger partial charge is 0.228 e. The minimum absolute atomic E-state index is 0.0348. The number of hydrogen-bond donors (Lipinski definition) is 0. The second-order valence-corrected chi connectivity index (χ2v) is 4.75. The molecule has 0 aromatic heterocycles. The van der Waals surface area contributed by atoms with Crippen molar-refractivity contribution >= 4 is 11.8 Å². The first-order valence-corrected chi connectivity index (χ1v) is 6.30. The van der Waals surface area contributed by atoms with Gasteiger partial charge in [-0.3, -0.25) is 9.59 Å². The molecule has 0 aliphatic carbocycles. The average molecular weight is 240 g/mol. The van der Waals surface area contributed by atoms with Crippen LogP contribution < -0.4 is 0 Å². The number of carbonyl (C=O) groups is 2. The van der Waals surface area contributed by atoms with Gasteiger partial charge in [0, 0.05) is 39.7 Å². The summed E-state index contributed by atoms with van der Waals surface area (Å²) < 4.78 is 5.34. The Labute approximate surface area is 102 Å².